The van der Waals surface area contributed by atoms with Gasteiger partial charge in [-0.3, -0.25) is 9.69 Å². The molecule has 0 bridgehead atoms. The van der Waals surface area contributed by atoms with Gasteiger partial charge in [0.05, 0.1) is 6.61 Å². The lowest BCUT2D eigenvalue weighted by Gasteiger charge is -2.34. The number of amides is 1. The number of likely N-dealkylation sites (tertiary alicyclic amines) is 1. The number of hydrogen-bond donors (Lipinski definition) is 1. The van der Waals surface area contributed by atoms with E-state index in [-0.39, 0.29) is 5.92 Å². The first-order chi connectivity index (χ1) is 19.5. The van der Waals surface area contributed by atoms with E-state index in [0.717, 1.165) is 96.9 Å². The molecular weight excluding hydrogens is 498 g/mol. The van der Waals surface area contributed by atoms with E-state index in [1.165, 1.54) is 11.1 Å². The first kappa shape index (κ1) is 31.7. The molecule has 2 aliphatic rings. The number of allylic oxidation sites excluding steroid dienone is 2. The van der Waals surface area contributed by atoms with Gasteiger partial charge in [0.25, 0.3) is 0 Å². The van der Waals surface area contributed by atoms with E-state index in [1.54, 1.807) is 0 Å². The predicted octanol–water partition coefficient (Wildman–Crippen LogP) is 4.51. The summed E-state index contributed by atoms with van der Waals surface area (Å²) in [5, 5.41) is 3.54. The van der Waals surface area contributed by atoms with Crippen LogP contribution in [0.3, 0.4) is 0 Å². The topological polar surface area (TPSA) is 51.3 Å². The zero-order valence-corrected chi connectivity index (χ0v) is 25.1. The van der Waals surface area contributed by atoms with E-state index in [0.29, 0.717) is 5.91 Å². The quantitative estimate of drug-likeness (QED) is 0.228. The number of nitrogens with zero attached hydrogens (tertiary/aromatic N) is 4. The molecule has 0 aliphatic carbocycles. The SMILES string of the molecule is C=CCN1C=CC=CC(CNCCCN(CC)C(=O)C2CCN(Cc3ccc(OCCCN(C)C)cc3)CC2)=C1. The van der Waals surface area contributed by atoms with Crippen LogP contribution in [-0.2, 0) is 11.3 Å². The normalized spacial score (nSPS) is 16.2. The van der Waals surface area contributed by atoms with E-state index in [9.17, 15) is 4.79 Å². The lowest BCUT2D eigenvalue weighted by molar-refractivity contribution is -0.137. The number of hydrogen-bond acceptors (Lipinski definition) is 6. The molecule has 2 aliphatic heterocycles. The molecule has 1 aromatic rings. The average Bonchev–Trinajstić information content (AvgIpc) is 3.19. The average molecular weight is 550 g/mol. The Morgan fingerprint density at radius 1 is 1.12 bits per heavy atom. The van der Waals surface area contributed by atoms with Gasteiger partial charge in [-0.1, -0.05) is 30.4 Å². The third-order valence-corrected chi connectivity index (χ3v) is 7.46. The summed E-state index contributed by atoms with van der Waals surface area (Å²) in [6, 6.07) is 8.49. The summed E-state index contributed by atoms with van der Waals surface area (Å²) in [5.41, 5.74) is 2.54. The zero-order valence-electron chi connectivity index (χ0n) is 25.1. The maximum atomic E-state index is 13.3. The number of rotatable bonds is 17. The summed E-state index contributed by atoms with van der Waals surface area (Å²) in [7, 11) is 4.17. The minimum Gasteiger partial charge on any atom is -0.494 e. The number of ether oxygens (including phenoxy) is 1. The zero-order chi connectivity index (χ0) is 28.6. The minimum absolute atomic E-state index is 0.145. The van der Waals surface area contributed by atoms with Crippen LogP contribution in [-0.4, -0.2) is 98.6 Å². The number of piperidine rings is 1. The Morgan fingerprint density at radius 3 is 2.60 bits per heavy atom. The highest BCUT2D eigenvalue weighted by Gasteiger charge is 2.27. The van der Waals surface area contributed by atoms with Crippen LogP contribution in [0.4, 0.5) is 0 Å². The molecule has 1 fully saturated rings. The van der Waals surface area contributed by atoms with Gasteiger partial charge >= 0.3 is 0 Å². The molecule has 220 valence electrons. The van der Waals surface area contributed by atoms with Crippen LogP contribution in [0.1, 0.15) is 38.2 Å². The molecule has 0 radical (unpaired) electrons. The highest BCUT2D eigenvalue weighted by molar-refractivity contribution is 5.79. The Hall–Kier alpha value is -2.87. The number of benzene rings is 1. The molecule has 0 aromatic heterocycles. The lowest BCUT2D eigenvalue weighted by atomic mass is 9.94. The van der Waals surface area contributed by atoms with Crippen LogP contribution in [0.25, 0.3) is 0 Å². The molecule has 1 aromatic carbocycles. The van der Waals surface area contributed by atoms with Crippen LogP contribution < -0.4 is 10.1 Å². The van der Waals surface area contributed by atoms with Crippen molar-refractivity contribution in [3.8, 4) is 5.75 Å². The Kier molecular flexibility index (Phi) is 14.0. The fourth-order valence-corrected chi connectivity index (χ4v) is 5.17. The Labute approximate surface area is 242 Å². The van der Waals surface area contributed by atoms with Gasteiger partial charge in [-0.2, -0.15) is 0 Å². The second-order valence-electron chi connectivity index (χ2n) is 11.0. The molecule has 7 nitrogen and oxygen atoms in total. The van der Waals surface area contributed by atoms with Crippen LogP contribution in [0.2, 0.25) is 0 Å². The van der Waals surface area contributed by atoms with Crippen molar-refractivity contribution in [1.82, 2.24) is 24.9 Å². The Morgan fingerprint density at radius 2 is 1.90 bits per heavy atom. The molecular formula is C33H51N5O2. The van der Waals surface area contributed by atoms with Crippen molar-refractivity contribution in [2.24, 2.45) is 5.92 Å². The molecule has 1 N–H and O–H groups in total. The predicted molar refractivity (Wildman–Crippen MR) is 166 cm³/mol. The fraction of sp³-hybridized carbons (Fsp3) is 0.545. The highest BCUT2D eigenvalue weighted by atomic mass is 16.5. The van der Waals surface area contributed by atoms with Crippen LogP contribution in [0, 0.1) is 5.92 Å². The lowest BCUT2D eigenvalue weighted by Crippen LogP contribution is -2.43. The number of carbonyl (C=O) groups excluding carboxylic acids is 1. The van der Waals surface area contributed by atoms with Crippen molar-refractivity contribution in [3.63, 3.8) is 0 Å². The summed E-state index contributed by atoms with van der Waals surface area (Å²) >= 11 is 0. The summed E-state index contributed by atoms with van der Waals surface area (Å²) in [4.78, 5) is 22.1. The number of nitrogens with one attached hydrogen (secondary N) is 1. The van der Waals surface area contributed by atoms with Crippen molar-refractivity contribution in [1.29, 1.82) is 0 Å². The molecule has 1 amide bonds. The van der Waals surface area contributed by atoms with Crippen LogP contribution in [0.15, 0.2) is 73.1 Å². The van der Waals surface area contributed by atoms with E-state index >= 15 is 0 Å². The molecule has 2 heterocycles. The third-order valence-electron chi connectivity index (χ3n) is 7.46. The third kappa shape index (κ3) is 11.3. The Bertz CT molecular complexity index is 977. The summed E-state index contributed by atoms with van der Waals surface area (Å²) in [5.74, 6) is 1.41. The fourth-order valence-electron chi connectivity index (χ4n) is 5.17. The van der Waals surface area contributed by atoms with Gasteiger partial charge in [-0.05, 0) is 95.7 Å². The molecule has 0 spiro atoms. The Balaban J connectivity index is 1.32. The number of carbonyl (C=O) groups is 1. The highest BCUT2D eigenvalue weighted by Crippen LogP contribution is 2.22. The first-order valence-electron chi connectivity index (χ1n) is 15.0. The van der Waals surface area contributed by atoms with Gasteiger partial charge < -0.3 is 24.8 Å². The molecule has 3 rings (SSSR count). The van der Waals surface area contributed by atoms with Gasteiger partial charge in [0.1, 0.15) is 5.75 Å². The summed E-state index contributed by atoms with van der Waals surface area (Å²) in [6.07, 6.45) is 16.2. The van der Waals surface area contributed by atoms with E-state index in [4.69, 9.17) is 4.74 Å². The maximum absolute atomic E-state index is 13.3. The van der Waals surface area contributed by atoms with Gasteiger partial charge in [0.2, 0.25) is 5.91 Å². The summed E-state index contributed by atoms with van der Waals surface area (Å²) in [6.45, 7) is 14.7. The van der Waals surface area contributed by atoms with E-state index < -0.39 is 0 Å². The van der Waals surface area contributed by atoms with Crippen molar-refractivity contribution >= 4 is 5.91 Å². The van der Waals surface area contributed by atoms with Gasteiger partial charge in [0, 0.05) is 57.6 Å². The molecule has 0 atom stereocenters. The maximum Gasteiger partial charge on any atom is 0.225 e. The van der Waals surface area contributed by atoms with Crippen molar-refractivity contribution in [3.05, 3.63) is 78.7 Å². The van der Waals surface area contributed by atoms with Crippen molar-refractivity contribution in [2.45, 2.75) is 39.2 Å². The standard InChI is InChI=1S/C33H51N5O2/c1-5-19-36-21-8-7-11-30(28-36)26-34-18-9-22-38(6-2)33(39)31-16-23-37(24-17-31)27-29-12-14-32(15-13-29)40-25-10-20-35(3)4/h5,7-8,11-15,21,28,31,34H,1,6,9-10,16-20,22-27H2,2-4H3. The summed E-state index contributed by atoms with van der Waals surface area (Å²) < 4.78 is 5.86. The second-order valence-corrected chi connectivity index (χ2v) is 11.0. The van der Waals surface area contributed by atoms with E-state index in [1.807, 2.05) is 12.2 Å². The van der Waals surface area contributed by atoms with Crippen molar-refractivity contribution < 1.29 is 9.53 Å². The van der Waals surface area contributed by atoms with Crippen molar-refractivity contribution in [2.75, 3.05) is 73.1 Å². The van der Waals surface area contributed by atoms with Gasteiger partial charge in [-0.25, -0.2) is 0 Å². The molecule has 7 heteroatoms. The first-order valence-corrected chi connectivity index (χ1v) is 15.0. The van der Waals surface area contributed by atoms with Crippen LogP contribution >= 0.6 is 0 Å². The smallest absolute Gasteiger partial charge is 0.225 e. The van der Waals surface area contributed by atoms with Gasteiger partial charge in [-0.15, -0.1) is 6.58 Å². The molecule has 40 heavy (non-hydrogen) atoms. The largest absolute Gasteiger partial charge is 0.494 e. The minimum atomic E-state index is 0.145. The molecule has 1 saturated heterocycles. The molecule has 0 unspecified atom stereocenters. The van der Waals surface area contributed by atoms with Gasteiger partial charge in [0.15, 0.2) is 0 Å². The van der Waals surface area contributed by atoms with Crippen LogP contribution in [0.5, 0.6) is 5.75 Å². The second kappa shape index (κ2) is 17.7. The van der Waals surface area contributed by atoms with E-state index in [2.05, 4.69) is 101 Å². The monoisotopic (exact) mass is 549 g/mol. The molecule has 0 saturated carbocycles.